The van der Waals surface area contributed by atoms with Gasteiger partial charge in [0.2, 0.25) is 0 Å². The predicted octanol–water partition coefficient (Wildman–Crippen LogP) is 1.84. The van der Waals surface area contributed by atoms with Crippen molar-refractivity contribution in [3.8, 4) is 5.69 Å². The van der Waals surface area contributed by atoms with Crippen molar-refractivity contribution in [2.24, 2.45) is 5.73 Å². The van der Waals surface area contributed by atoms with Crippen molar-refractivity contribution in [2.75, 3.05) is 0 Å². The van der Waals surface area contributed by atoms with Gasteiger partial charge in [-0.2, -0.15) is 5.10 Å². The van der Waals surface area contributed by atoms with Crippen LogP contribution in [0.2, 0.25) is 0 Å². The van der Waals surface area contributed by atoms with Gasteiger partial charge in [-0.1, -0.05) is 0 Å². The molecule has 0 aromatic carbocycles. The van der Waals surface area contributed by atoms with Gasteiger partial charge in [0.05, 0.1) is 35.6 Å². The maximum atomic E-state index is 6.12. The van der Waals surface area contributed by atoms with Gasteiger partial charge in [-0.25, -0.2) is 4.98 Å². The fraction of sp³-hybridized carbons (Fsp3) is 0.500. The highest BCUT2D eigenvalue weighted by molar-refractivity contribution is 5.30. The van der Waals surface area contributed by atoms with Crippen LogP contribution in [0.4, 0.5) is 0 Å². The lowest BCUT2D eigenvalue weighted by atomic mass is 10.0. The summed E-state index contributed by atoms with van der Waals surface area (Å²) in [6.45, 7) is 8.12. The minimum atomic E-state index is -0.420. The molecule has 0 aliphatic rings. The van der Waals surface area contributed by atoms with E-state index in [0.717, 1.165) is 11.4 Å². The molecule has 0 aliphatic carbocycles. The summed E-state index contributed by atoms with van der Waals surface area (Å²) in [5.41, 5.74) is 7.66. The third-order valence-electron chi connectivity index (χ3n) is 2.69. The smallest absolute Gasteiger partial charge is 0.0995 e. The van der Waals surface area contributed by atoms with Gasteiger partial charge in [-0.3, -0.25) is 9.25 Å². The van der Waals surface area contributed by atoms with Crippen LogP contribution in [0, 0.1) is 0 Å². The maximum absolute atomic E-state index is 6.12. The summed E-state index contributed by atoms with van der Waals surface area (Å²) in [6.07, 6.45) is 7.40. The third kappa shape index (κ3) is 2.24. The van der Waals surface area contributed by atoms with Gasteiger partial charge >= 0.3 is 0 Å². The topological polar surface area (TPSA) is 61.7 Å². The summed E-state index contributed by atoms with van der Waals surface area (Å²) in [6, 6.07) is 0.349. The predicted molar refractivity (Wildman–Crippen MR) is 66.9 cm³/mol. The first-order chi connectivity index (χ1) is 7.89. The summed E-state index contributed by atoms with van der Waals surface area (Å²) in [4.78, 5) is 4.17. The van der Waals surface area contributed by atoms with E-state index in [-0.39, 0.29) is 0 Å². The van der Waals surface area contributed by atoms with Gasteiger partial charge in [-0.15, -0.1) is 0 Å². The van der Waals surface area contributed by atoms with Crippen LogP contribution >= 0.6 is 0 Å². The zero-order chi connectivity index (χ0) is 12.6. The Hall–Kier alpha value is -1.62. The molecule has 0 fully saturated rings. The Balaban J connectivity index is 2.43. The van der Waals surface area contributed by atoms with Gasteiger partial charge in [0.1, 0.15) is 0 Å². The monoisotopic (exact) mass is 233 g/mol. The molecule has 0 radical (unpaired) electrons. The van der Waals surface area contributed by atoms with Crippen molar-refractivity contribution in [3.05, 3.63) is 30.6 Å². The Kier molecular flexibility index (Phi) is 2.79. The summed E-state index contributed by atoms with van der Waals surface area (Å²) in [7, 11) is 0. The van der Waals surface area contributed by atoms with E-state index in [4.69, 9.17) is 5.73 Å². The van der Waals surface area contributed by atoms with Crippen molar-refractivity contribution in [3.63, 3.8) is 0 Å². The van der Waals surface area contributed by atoms with Crippen LogP contribution in [-0.2, 0) is 5.54 Å². The summed E-state index contributed by atoms with van der Waals surface area (Å²) < 4.78 is 3.90. The number of aromatic nitrogens is 4. The van der Waals surface area contributed by atoms with Crippen LogP contribution < -0.4 is 5.73 Å². The molecular weight excluding hydrogens is 214 g/mol. The maximum Gasteiger partial charge on any atom is 0.0995 e. The molecule has 0 atom stereocenters. The fourth-order valence-electron chi connectivity index (χ4n) is 1.71. The van der Waals surface area contributed by atoms with Crippen LogP contribution in [0.15, 0.2) is 24.9 Å². The van der Waals surface area contributed by atoms with Gasteiger partial charge in [0.15, 0.2) is 0 Å². The molecule has 0 spiro atoms. The van der Waals surface area contributed by atoms with Crippen LogP contribution in [0.5, 0.6) is 0 Å². The van der Waals surface area contributed by atoms with Gasteiger partial charge < -0.3 is 5.73 Å². The molecule has 2 rings (SSSR count). The number of rotatable bonds is 3. The number of imidazole rings is 1. The first-order valence-corrected chi connectivity index (χ1v) is 5.76. The Bertz CT molecular complexity index is 501. The van der Waals surface area contributed by atoms with E-state index < -0.39 is 5.54 Å². The summed E-state index contributed by atoms with van der Waals surface area (Å²) in [5.74, 6) is 0. The Morgan fingerprint density at radius 2 is 2.00 bits per heavy atom. The van der Waals surface area contributed by atoms with Gasteiger partial charge in [-0.05, 0) is 27.7 Å². The van der Waals surface area contributed by atoms with Gasteiger partial charge in [0, 0.05) is 12.2 Å². The van der Waals surface area contributed by atoms with E-state index in [1.54, 1.807) is 12.5 Å². The molecule has 0 amide bonds. The zero-order valence-corrected chi connectivity index (χ0v) is 10.8. The average molecular weight is 233 g/mol. The first kappa shape index (κ1) is 11.9. The Morgan fingerprint density at radius 1 is 1.29 bits per heavy atom. The van der Waals surface area contributed by atoms with E-state index >= 15 is 0 Å². The van der Waals surface area contributed by atoms with Crippen LogP contribution in [-0.4, -0.2) is 19.3 Å². The molecular formula is C12H19N5. The molecule has 0 saturated heterocycles. The first-order valence-electron chi connectivity index (χ1n) is 5.76. The molecule has 0 unspecified atom stereocenters. The Labute approximate surface area is 101 Å². The van der Waals surface area contributed by atoms with Crippen molar-refractivity contribution >= 4 is 0 Å². The van der Waals surface area contributed by atoms with Crippen LogP contribution in [0.25, 0.3) is 5.69 Å². The molecule has 0 aliphatic heterocycles. The molecule has 92 valence electrons. The largest absolute Gasteiger partial charge is 0.321 e. The van der Waals surface area contributed by atoms with Crippen molar-refractivity contribution in [1.29, 1.82) is 0 Å². The van der Waals surface area contributed by atoms with Crippen molar-refractivity contribution in [2.45, 2.75) is 39.3 Å². The number of hydrogen-bond donors (Lipinski definition) is 1. The second kappa shape index (κ2) is 4.00. The highest BCUT2D eigenvalue weighted by Gasteiger charge is 2.20. The second-order valence-corrected chi connectivity index (χ2v) is 5.14. The van der Waals surface area contributed by atoms with E-state index in [2.05, 4.69) is 23.9 Å². The Morgan fingerprint density at radius 3 is 2.53 bits per heavy atom. The summed E-state index contributed by atoms with van der Waals surface area (Å²) >= 11 is 0. The van der Waals surface area contributed by atoms with E-state index in [9.17, 15) is 0 Å². The molecule has 5 nitrogen and oxygen atoms in total. The molecule has 17 heavy (non-hydrogen) atoms. The molecule has 5 heteroatoms. The minimum absolute atomic E-state index is 0.349. The standard InChI is InChI=1S/C12H19N5/c1-9(2)17-7-10(5-15-17)16-8-14-6-11(16)12(3,4)13/h5-9H,13H2,1-4H3. The highest BCUT2D eigenvalue weighted by Crippen LogP contribution is 2.20. The fourth-order valence-corrected chi connectivity index (χ4v) is 1.71. The number of nitrogens with two attached hydrogens (primary N) is 1. The lowest BCUT2D eigenvalue weighted by molar-refractivity contribution is 0.522. The number of nitrogens with zero attached hydrogens (tertiary/aromatic N) is 4. The molecule has 2 heterocycles. The molecule has 0 saturated carbocycles. The lowest BCUT2D eigenvalue weighted by Gasteiger charge is -2.19. The number of hydrogen-bond acceptors (Lipinski definition) is 3. The molecule has 2 aromatic heterocycles. The van der Waals surface area contributed by atoms with E-state index in [0.29, 0.717) is 6.04 Å². The van der Waals surface area contributed by atoms with Gasteiger partial charge in [0.25, 0.3) is 0 Å². The van der Waals surface area contributed by atoms with E-state index in [1.807, 2.05) is 35.5 Å². The molecule has 2 N–H and O–H groups in total. The van der Waals surface area contributed by atoms with Crippen LogP contribution in [0.1, 0.15) is 39.4 Å². The van der Waals surface area contributed by atoms with E-state index in [1.165, 1.54) is 0 Å². The second-order valence-electron chi connectivity index (χ2n) is 5.14. The SMILES string of the molecule is CC(C)n1cc(-n2cncc2C(C)(C)N)cn1. The summed E-state index contributed by atoms with van der Waals surface area (Å²) in [5, 5.41) is 4.32. The normalized spacial score (nSPS) is 12.4. The molecule has 2 aromatic rings. The van der Waals surface area contributed by atoms with Crippen molar-refractivity contribution in [1.82, 2.24) is 19.3 Å². The van der Waals surface area contributed by atoms with Crippen molar-refractivity contribution < 1.29 is 0 Å². The minimum Gasteiger partial charge on any atom is -0.321 e. The third-order valence-corrected chi connectivity index (χ3v) is 2.69. The molecule has 0 bridgehead atoms. The van der Waals surface area contributed by atoms with Crippen LogP contribution in [0.3, 0.4) is 0 Å². The average Bonchev–Trinajstić information content (AvgIpc) is 2.85. The zero-order valence-electron chi connectivity index (χ0n) is 10.8. The lowest BCUT2D eigenvalue weighted by Crippen LogP contribution is -2.31. The highest BCUT2D eigenvalue weighted by atomic mass is 15.3. The quantitative estimate of drug-likeness (QED) is 0.880.